The Bertz CT molecular complexity index is 1060. The van der Waals surface area contributed by atoms with Gasteiger partial charge in [0.2, 0.25) is 0 Å². The normalized spacial score (nSPS) is 14.0. The summed E-state index contributed by atoms with van der Waals surface area (Å²) in [4.78, 5) is 4.34. The summed E-state index contributed by atoms with van der Waals surface area (Å²) in [5, 5.41) is 0.339. The van der Waals surface area contributed by atoms with E-state index in [1.54, 1.807) is 4.57 Å². The third-order valence-electron chi connectivity index (χ3n) is 4.59. The highest BCUT2D eigenvalue weighted by atomic mass is 19.4. The monoisotopic (exact) mass is 429 g/mol. The van der Waals surface area contributed by atoms with Crippen molar-refractivity contribution in [1.82, 2.24) is 9.55 Å². The Morgan fingerprint density at radius 3 is 2.30 bits per heavy atom. The van der Waals surface area contributed by atoms with Gasteiger partial charge in [0.05, 0.1) is 17.3 Å². The highest BCUT2D eigenvalue weighted by Gasteiger charge is 2.35. The molecule has 0 aliphatic heterocycles. The molecule has 0 saturated heterocycles. The van der Waals surface area contributed by atoms with Crippen LogP contribution in [0, 0.1) is 11.2 Å². The van der Waals surface area contributed by atoms with Crippen molar-refractivity contribution in [2.24, 2.45) is 11.1 Å². The molecule has 0 spiro atoms. The fourth-order valence-corrected chi connectivity index (χ4v) is 3.35. The highest BCUT2D eigenvalue weighted by Crippen LogP contribution is 2.38. The van der Waals surface area contributed by atoms with E-state index in [-0.39, 0.29) is 27.9 Å². The molecule has 0 bridgehead atoms. The minimum atomic E-state index is -4.79. The van der Waals surface area contributed by atoms with Gasteiger partial charge in [0.1, 0.15) is 11.5 Å². The Labute approximate surface area is 169 Å². The number of nitrogens with two attached hydrogens (primary N) is 1. The van der Waals surface area contributed by atoms with Crippen LogP contribution in [0.4, 0.5) is 26.3 Å². The SMILES string of the molecule is CC(C)(C)Cn1cc(C(N)C(F)F)c2ccc(-c3ccc(F)cc3C(F)(F)F)nc21. The van der Waals surface area contributed by atoms with E-state index in [0.29, 0.717) is 18.0 Å². The lowest BCUT2D eigenvalue weighted by Gasteiger charge is -2.19. The average molecular weight is 429 g/mol. The van der Waals surface area contributed by atoms with Crippen molar-refractivity contribution in [2.75, 3.05) is 0 Å². The smallest absolute Gasteiger partial charge is 0.332 e. The van der Waals surface area contributed by atoms with Crippen LogP contribution in [0.2, 0.25) is 0 Å². The zero-order valence-corrected chi connectivity index (χ0v) is 16.6. The lowest BCUT2D eigenvalue weighted by atomic mass is 9.97. The summed E-state index contributed by atoms with van der Waals surface area (Å²) in [7, 11) is 0. The van der Waals surface area contributed by atoms with E-state index in [1.165, 1.54) is 18.3 Å². The first-order valence-corrected chi connectivity index (χ1v) is 9.18. The number of nitrogens with zero attached hydrogens (tertiary/aromatic N) is 2. The third kappa shape index (κ3) is 4.45. The molecule has 0 radical (unpaired) electrons. The van der Waals surface area contributed by atoms with Gasteiger partial charge in [-0.25, -0.2) is 18.2 Å². The summed E-state index contributed by atoms with van der Waals surface area (Å²) in [5.74, 6) is -1.02. The molecule has 1 unspecified atom stereocenters. The van der Waals surface area contributed by atoms with Gasteiger partial charge in [-0.3, -0.25) is 0 Å². The van der Waals surface area contributed by atoms with Gasteiger partial charge in [-0.1, -0.05) is 20.8 Å². The van der Waals surface area contributed by atoms with Crippen LogP contribution < -0.4 is 5.73 Å². The number of benzene rings is 1. The molecule has 1 aromatic carbocycles. The molecule has 9 heteroatoms. The van der Waals surface area contributed by atoms with E-state index in [1.807, 2.05) is 20.8 Å². The maximum absolute atomic E-state index is 13.5. The van der Waals surface area contributed by atoms with Crippen LogP contribution in [0.1, 0.15) is 37.9 Å². The molecule has 0 saturated carbocycles. The number of hydrogen-bond donors (Lipinski definition) is 1. The van der Waals surface area contributed by atoms with E-state index in [2.05, 4.69) is 4.98 Å². The second kappa shape index (κ2) is 7.61. The van der Waals surface area contributed by atoms with Gasteiger partial charge in [-0.15, -0.1) is 0 Å². The van der Waals surface area contributed by atoms with Gasteiger partial charge < -0.3 is 10.3 Å². The number of hydrogen-bond acceptors (Lipinski definition) is 2. The predicted molar refractivity (Wildman–Crippen MR) is 103 cm³/mol. The van der Waals surface area contributed by atoms with Crippen molar-refractivity contribution in [3.05, 3.63) is 53.5 Å². The first-order chi connectivity index (χ1) is 13.8. The molecule has 3 nitrogen and oxygen atoms in total. The second-order valence-electron chi connectivity index (χ2n) is 8.39. The maximum Gasteiger partial charge on any atom is 0.417 e. The molecule has 2 aromatic heterocycles. The van der Waals surface area contributed by atoms with Gasteiger partial charge in [0.15, 0.2) is 0 Å². The molecule has 2 N–H and O–H groups in total. The number of rotatable bonds is 4. The minimum absolute atomic E-state index is 0.0414. The Morgan fingerprint density at radius 2 is 1.73 bits per heavy atom. The molecule has 0 aliphatic carbocycles. The zero-order chi connectivity index (χ0) is 22.4. The maximum atomic E-state index is 13.5. The number of pyridine rings is 1. The zero-order valence-electron chi connectivity index (χ0n) is 16.6. The molecule has 1 atom stereocenters. The van der Waals surface area contributed by atoms with E-state index >= 15 is 0 Å². The van der Waals surface area contributed by atoms with Crippen molar-refractivity contribution < 1.29 is 26.3 Å². The lowest BCUT2D eigenvalue weighted by Crippen LogP contribution is -2.19. The van der Waals surface area contributed by atoms with Crippen molar-refractivity contribution in [2.45, 2.75) is 46.0 Å². The lowest BCUT2D eigenvalue weighted by molar-refractivity contribution is -0.137. The second-order valence-corrected chi connectivity index (χ2v) is 8.39. The molecule has 162 valence electrons. The number of fused-ring (bicyclic) bond motifs is 1. The molecule has 2 heterocycles. The van der Waals surface area contributed by atoms with Gasteiger partial charge in [-0.2, -0.15) is 13.2 Å². The van der Waals surface area contributed by atoms with Crippen molar-refractivity contribution in [3.63, 3.8) is 0 Å². The highest BCUT2D eigenvalue weighted by molar-refractivity contribution is 5.84. The van der Waals surface area contributed by atoms with Gasteiger partial charge in [0.25, 0.3) is 6.43 Å². The molecular formula is C21H21F6N3. The Kier molecular flexibility index (Phi) is 5.62. The first kappa shape index (κ1) is 22.1. The van der Waals surface area contributed by atoms with Crippen LogP contribution in [-0.4, -0.2) is 16.0 Å². The molecule has 0 fully saturated rings. The molecule has 0 amide bonds. The van der Waals surface area contributed by atoms with Crippen LogP contribution >= 0.6 is 0 Å². The largest absolute Gasteiger partial charge is 0.417 e. The number of halogens is 6. The summed E-state index contributed by atoms with van der Waals surface area (Å²) in [6.45, 7) is 6.16. The minimum Gasteiger partial charge on any atom is -0.332 e. The van der Waals surface area contributed by atoms with Crippen molar-refractivity contribution in [1.29, 1.82) is 0 Å². The predicted octanol–water partition coefficient (Wildman–Crippen LogP) is 6.17. The van der Waals surface area contributed by atoms with E-state index in [4.69, 9.17) is 5.73 Å². The van der Waals surface area contributed by atoms with Crippen LogP contribution in [0.3, 0.4) is 0 Å². The van der Waals surface area contributed by atoms with Crippen LogP contribution in [0.15, 0.2) is 36.5 Å². The summed E-state index contributed by atoms with van der Waals surface area (Å²) in [5.41, 5.74) is 4.29. The molecule has 3 aromatic rings. The van der Waals surface area contributed by atoms with Gasteiger partial charge in [-0.05, 0) is 35.7 Å². The van der Waals surface area contributed by atoms with Crippen LogP contribution in [-0.2, 0) is 12.7 Å². The topological polar surface area (TPSA) is 43.8 Å². The molecule has 30 heavy (non-hydrogen) atoms. The number of aromatic nitrogens is 2. The molecule has 0 aliphatic rings. The van der Waals surface area contributed by atoms with Gasteiger partial charge in [0, 0.05) is 29.3 Å². The van der Waals surface area contributed by atoms with Crippen molar-refractivity contribution in [3.8, 4) is 11.3 Å². The Balaban J connectivity index is 2.25. The fraction of sp³-hybridized carbons (Fsp3) is 0.381. The molecule has 3 rings (SSSR count). The summed E-state index contributed by atoms with van der Waals surface area (Å²) >= 11 is 0. The van der Waals surface area contributed by atoms with E-state index in [9.17, 15) is 26.3 Å². The number of alkyl halides is 5. The Morgan fingerprint density at radius 1 is 1.07 bits per heavy atom. The van der Waals surface area contributed by atoms with Gasteiger partial charge >= 0.3 is 6.18 Å². The summed E-state index contributed by atoms with van der Waals surface area (Å²) in [6, 6.07) is 3.51. The molecular weight excluding hydrogens is 408 g/mol. The van der Waals surface area contributed by atoms with E-state index in [0.717, 1.165) is 12.1 Å². The fourth-order valence-electron chi connectivity index (χ4n) is 3.35. The summed E-state index contributed by atoms with van der Waals surface area (Å²) < 4.78 is 81.8. The average Bonchev–Trinajstić information content (AvgIpc) is 2.96. The van der Waals surface area contributed by atoms with Crippen LogP contribution in [0.25, 0.3) is 22.3 Å². The van der Waals surface area contributed by atoms with E-state index < -0.39 is 30.0 Å². The standard InChI is InChI=1S/C21H21F6N3/c1-20(2,3)10-30-9-14(17(28)18(23)24)12-6-7-16(29-19(12)30)13-5-4-11(22)8-15(13)21(25,26)27/h4-9,17-18H,10,28H2,1-3H3. The van der Waals surface area contributed by atoms with Crippen LogP contribution in [0.5, 0.6) is 0 Å². The van der Waals surface area contributed by atoms with Crippen molar-refractivity contribution >= 4 is 11.0 Å². The first-order valence-electron chi connectivity index (χ1n) is 9.18. The third-order valence-corrected chi connectivity index (χ3v) is 4.59. The Hall–Kier alpha value is -2.55. The summed E-state index contributed by atoms with van der Waals surface area (Å²) in [6.07, 6.45) is -6.13. The quantitative estimate of drug-likeness (QED) is 0.504.